The quantitative estimate of drug-likeness (QED) is 0.347. The first kappa shape index (κ1) is 26.7. The molecule has 3 aromatic rings. The van der Waals surface area contributed by atoms with Gasteiger partial charge >= 0.3 is 11.9 Å². The number of aliphatic hydroxyl groups is 3. The molecule has 1 saturated heterocycles. The highest BCUT2D eigenvalue weighted by Gasteiger charge is 2.55. The van der Waals surface area contributed by atoms with Gasteiger partial charge in [0.05, 0.1) is 30.4 Å². The number of hydrogen-bond donors (Lipinski definition) is 5. The standard InChI is InChI=1S/C15H14O.C8H6O4.C3H8O3/c1-12-15(16-12,13-8-4-2-5-9-13)14-10-6-3-7-11-14;9-7(10)5-1-2-6(4-3-5)8(11)12;4-1-3(6)2-5/h2-12H,1H3;1-4H,(H,9,10)(H,11,12);3-6H,1-2H2. The highest BCUT2D eigenvalue weighted by Crippen LogP contribution is 2.51. The summed E-state index contributed by atoms with van der Waals surface area (Å²) in [5, 5.41) is 40.9. The van der Waals surface area contributed by atoms with Crippen LogP contribution < -0.4 is 0 Å². The molecular weight excluding hydrogens is 440 g/mol. The van der Waals surface area contributed by atoms with Gasteiger partial charge < -0.3 is 30.3 Å². The van der Waals surface area contributed by atoms with Gasteiger partial charge in [0.15, 0.2) is 0 Å². The molecule has 1 heterocycles. The van der Waals surface area contributed by atoms with Crippen LogP contribution in [0.1, 0.15) is 38.8 Å². The smallest absolute Gasteiger partial charge is 0.335 e. The largest absolute Gasteiger partial charge is 0.478 e. The van der Waals surface area contributed by atoms with E-state index in [-0.39, 0.29) is 36.0 Å². The Balaban J connectivity index is 0.000000201. The van der Waals surface area contributed by atoms with Gasteiger partial charge in [0.25, 0.3) is 0 Å². The second-order valence-electron chi connectivity index (χ2n) is 7.43. The van der Waals surface area contributed by atoms with E-state index in [0.717, 1.165) is 0 Å². The second kappa shape index (κ2) is 12.6. The lowest BCUT2D eigenvalue weighted by Crippen LogP contribution is -2.15. The number of hydrogen-bond acceptors (Lipinski definition) is 6. The van der Waals surface area contributed by atoms with Crippen molar-refractivity contribution in [2.75, 3.05) is 13.2 Å². The van der Waals surface area contributed by atoms with Crippen LogP contribution in [0.5, 0.6) is 0 Å². The van der Waals surface area contributed by atoms with E-state index >= 15 is 0 Å². The molecule has 1 atom stereocenters. The maximum atomic E-state index is 10.3. The van der Waals surface area contributed by atoms with Gasteiger partial charge in [-0.25, -0.2) is 9.59 Å². The van der Waals surface area contributed by atoms with E-state index in [0.29, 0.717) is 0 Å². The summed E-state index contributed by atoms with van der Waals surface area (Å²) in [6, 6.07) is 25.9. The fraction of sp³-hybridized carbons (Fsp3) is 0.231. The predicted molar refractivity (Wildman–Crippen MR) is 125 cm³/mol. The number of carbonyl (C=O) groups is 2. The average molecular weight is 469 g/mol. The number of epoxide rings is 1. The van der Waals surface area contributed by atoms with Crippen LogP contribution >= 0.6 is 0 Å². The van der Waals surface area contributed by atoms with Crippen molar-refractivity contribution in [2.24, 2.45) is 0 Å². The first-order valence-electron chi connectivity index (χ1n) is 10.5. The van der Waals surface area contributed by atoms with Crippen LogP contribution in [-0.4, -0.2) is 62.9 Å². The second-order valence-corrected chi connectivity index (χ2v) is 7.43. The number of carboxylic acids is 2. The fourth-order valence-corrected chi connectivity index (χ4v) is 3.20. The zero-order chi connectivity index (χ0) is 25.1. The SMILES string of the molecule is CC1OC1(c1ccccc1)c1ccccc1.O=C(O)c1ccc(C(=O)O)cc1.OCC(O)CO. The summed E-state index contributed by atoms with van der Waals surface area (Å²) < 4.78 is 5.88. The zero-order valence-corrected chi connectivity index (χ0v) is 18.6. The summed E-state index contributed by atoms with van der Waals surface area (Å²) in [7, 11) is 0. The van der Waals surface area contributed by atoms with E-state index in [1.54, 1.807) is 0 Å². The van der Waals surface area contributed by atoms with Gasteiger partial charge in [-0.3, -0.25) is 0 Å². The van der Waals surface area contributed by atoms with Crippen LogP contribution in [0.25, 0.3) is 0 Å². The van der Waals surface area contributed by atoms with E-state index in [1.165, 1.54) is 35.4 Å². The van der Waals surface area contributed by atoms with Gasteiger partial charge in [-0.1, -0.05) is 60.7 Å². The molecule has 0 saturated carbocycles. The number of aromatic carboxylic acids is 2. The average Bonchev–Trinajstić information content (AvgIpc) is 3.57. The minimum Gasteiger partial charge on any atom is -0.478 e. The highest BCUT2D eigenvalue weighted by molar-refractivity contribution is 5.91. The molecule has 0 bridgehead atoms. The van der Waals surface area contributed by atoms with Crippen molar-refractivity contribution in [3.05, 3.63) is 107 Å². The van der Waals surface area contributed by atoms with Gasteiger partial charge in [0.1, 0.15) is 11.7 Å². The molecule has 1 unspecified atom stereocenters. The van der Waals surface area contributed by atoms with Crippen LogP contribution in [0.3, 0.4) is 0 Å². The number of aliphatic hydroxyl groups excluding tert-OH is 3. The Morgan fingerprint density at radius 2 is 1.09 bits per heavy atom. The third-order valence-corrected chi connectivity index (χ3v) is 5.08. The molecule has 4 rings (SSSR count). The van der Waals surface area contributed by atoms with Crippen molar-refractivity contribution in [1.29, 1.82) is 0 Å². The van der Waals surface area contributed by atoms with Crippen LogP contribution in [0.15, 0.2) is 84.9 Å². The maximum absolute atomic E-state index is 10.3. The first-order chi connectivity index (χ1) is 16.3. The summed E-state index contributed by atoms with van der Waals surface area (Å²) >= 11 is 0. The Bertz CT molecular complexity index is 959. The topological polar surface area (TPSA) is 148 Å². The van der Waals surface area contributed by atoms with Crippen LogP contribution in [-0.2, 0) is 10.3 Å². The van der Waals surface area contributed by atoms with Gasteiger partial charge in [-0.15, -0.1) is 0 Å². The summed E-state index contributed by atoms with van der Waals surface area (Å²) in [6.45, 7) is 1.40. The molecule has 34 heavy (non-hydrogen) atoms. The molecule has 8 heteroatoms. The Labute approximate surface area is 197 Å². The van der Waals surface area contributed by atoms with Gasteiger partial charge in [0, 0.05) is 0 Å². The fourth-order valence-electron chi connectivity index (χ4n) is 3.20. The Hall–Kier alpha value is -3.56. The van der Waals surface area contributed by atoms with Crippen molar-refractivity contribution in [3.63, 3.8) is 0 Å². The van der Waals surface area contributed by atoms with E-state index in [4.69, 9.17) is 30.3 Å². The van der Waals surface area contributed by atoms with Crippen LogP contribution in [0, 0.1) is 0 Å². The lowest BCUT2D eigenvalue weighted by Gasteiger charge is -2.13. The molecule has 5 N–H and O–H groups in total. The Morgan fingerprint density at radius 3 is 1.29 bits per heavy atom. The molecule has 0 radical (unpaired) electrons. The normalized spacial score (nSPS) is 15.3. The maximum Gasteiger partial charge on any atom is 0.335 e. The Morgan fingerprint density at radius 1 is 0.765 bits per heavy atom. The van der Waals surface area contributed by atoms with Gasteiger partial charge in [-0.2, -0.15) is 0 Å². The summed E-state index contributed by atoms with van der Waals surface area (Å²) in [5.74, 6) is -2.13. The molecule has 0 aliphatic carbocycles. The molecule has 0 aromatic heterocycles. The molecule has 8 nitrogen and oxygen atoms in total. The predicted octanol–water partition coefficient (Wildman–Crippen LogP) is 2.76. The third-order valence-electron chi connectivity index (χ3n) is 5.08. The monoisotopic (exact) mass is 468 g/mol. The van der Waals surface area contributed by atoms with Crippen molar-refractivity contribution in [3.8, 4) is 0 Å². The number of carboxylic acid groups (broad SMARTS) is 2. The first-order valence-corrected chi connectivity index (χ1v) is 10.5. The number of benzene rings is 3. The van der Waals surface area contributed by atoms with Crippen molar-refractivity contribution < 1.29 is 39.9 Å². The summed E-state index contributed by atoms with van der Waals surface area (Å²) in [6.07, 6.45) is -0.692. The van der Waals surface area contributed by atoms with E-state index in [1.807, 2.05) is 12.1 Å². The van der Waals surface area contributed by atoms with E-state index < -0.39 is 18.0 Å². The molecule has 1 fully saturated rings. The summed E-state index contributed by atoms with van der Waals surface area (Å²) in [5.41, 5.74) is 2.45. The lowest BCUT2D eigenvalue weighted by molar-refractivity contribution is 0.0450. The molecule has 1 aliphatic heterocycles. The van der Waals surface area contributed by atoms with Crippen molar-refractivity contribution in [1.82, 2.24) is 0 Å². The van der Waals surface area contributed by atoms with E-state index in [9.17, 15) is 9.59 Å². The molecule has 0 spiro atoms. The van der Waals surface area contributed by atoms with Crippen molar-refractivity contribution in [2.45, 2.75) is 24.7 Å². The molecular formula is C26H28O8. The van der Waals surface area contributed by atoms with Crippen molar-refractivity contribution >= 4 is 11.9 Å². The lowest BCUT2D eigenvalue weighted by atomic mass is 9.88. The summed E-state index contributed by atoms with van der Waals surface area (Å²) in [4.78, 5) is 20.7. The van der Waals surface area contributed by atoms with Gasteiger partial charge in [0.2, 0.25) is 0 Å². The van der Waals surface area contributed by atoms with Crippen LogP contribution in [0.4, 0.5) is 0 Å². The Kier molecular flexibility index (Phi) is 9.91. The minimum absolute atomic E-state index is 0.0833. The number of ether oxygens (including phenoxy) is 1. The van der Waals surface area contributed by atoms with E-state index in [2.05, 4.69) is 55.5 Å². The highest BCUT2D eigenvalue weighted by atomic mass is 16.6. The zero-order valence-electron chi connectivity index (χ0n) is 18.6. The molecule has 180 valence electrons. The van der Waals surface area contributed by atoms with Crippen LogP contribution in [0.2, 0.25) is 0 Å². The van der Waals surface area contributed by atoms with Gasteiger partial charge in [-0.05, 0) is 42.3 Å². The third kappa shape index (κ3) is 6.97. The molecule has 3 aromatic carbocycles. The minimum atomic E-state index is -1.06. The number of rotatable bonds is 6. The molecule has 0 amide bonds. The molecule has 1 aliphatic rings.